The van der Waals surface area contributed by atoms with E-state index < -0.39 is 18.1 Å². The fourth-order valence-electron chi connectivity index (χ4n) is 1.26. The Morgan fingerprint density at radius 1 is 1.57 bits per heavy atom. The van der Waals surface area contributed by atoms with Crippen LogP contribution in [0.1, 0.15) is 20.3 Å². The largest absolute Gasteiger partial charge is 0.480 e. The summed E-state index contributed by atoms with van der Waals surface area (Å²) in [7, 11) is 1.53. The third-order valence-electron chi connectivity index (χ3n) is 2.25. The van der Waals surface area contributed by atoms with Gasteiger partial charge in [0, 0.05) is 0 Å². The highest BCUT2D eigenvalue weighted by Crippen LogP contribution is 2.12. The molecule has 0 amide bonds. The first-order valence-electron chi connectivity index (χ1n) is 4.73. The lowest BCUT2D eigenvalue weighted by Crippen LogP contribution is -2.47. The highest BCUT2D eigenvalue weighted by molar-refractivity contribution is 5.74. The van der Waals surface area contributed by atoms with E-state index in [-0.39, 0.29) is 5.92 Å². The molecule has 0 aromatic carbocycles. The van der Waals surface area contributed by atoms with Crippen LogP contribution < -0.4 is 5.32 Å². The summed E-state index contributed by atoms with van der Waals surface area (Å²) in [6, 6.07) is -0.893. The third-order valence-corrected chi connectivity index (χ3v) is 2.25. The summed E-state index contributed by atoms with van der Waals surface area (Å²) in [6.45, 7) is 3.73. The maximum absolute atomic E-state index is 10.7. The average Bonchev–Trinajstić information content (AvgIpc) is 2.14. The van der Waals surface area contributed by atoms with Crippen LogP contribution in [0.5, 0.6) is 0 Å². The second kappa shape index (κ2) is 6.56. The van der Waals surface area contributed by atoms with Gasteiger partial charge in [0.2, 0.25) is 0 Å². The summed E-state index contributed by atoms with van der Waals surface area (Å²) < 4.78 is 0. The molecule has 0 bridgehead atoms. The predicted octanol–water partition coefficient (Wildman–Crippen LogP) is 0.622. The van der Waals surface area contributed by atoms with Gasteiger partial charge >= 0.3 is 5.97 Å². The van der Waals surface area contributed by atoms with E-state index in [1.165, 1.54) is 7.05 Å². The van der Waals surface area contributed by atoms with E-state index in [1.54, 1.807) is 0 Å². The molecule has 0 heterocycles. The molecule has 0 fully saturated rings. The van der Waals surface area contributed by atoms with Gasteiger partial charge < -0.3 is 15.5 Å². The first-order valence-corrected chi connectivity index (χ1v) is 4.73. The molecule has 0 spiro atoms. The van der Waals surface area contributed by atoms with Crippen LogP contribution in [-0.4, -0.2) is 35.4 Å². The Morgan fingerprint density at radius 3 is 2.50 bits per heavy atom. The summed E-state index contributed by atoms with van der Waals surface area (Å²) in [5.41, 5.74) is 0. The van der Waals surface area contributed by atoms with Crippen LogP contribution in [0.4, 0.5) is 0 Å². The van der Waals surface area contributed by atoms with Crippen LogP contribution in [0, 0.1) is 5.92 Å². The molecule has 0 aliphatic carbocycles. The van der Waals surface area contributed by atoms with Gasteiger partial charge in [-0.15, -0.1) is 0 Å². The van der Waals surface area contributed by atoms with Gasteiger partial charge in [0.05, 0.1) is 6.10 Å². The van der Waals surface area contributed by atoms with Gasteiger partial charge in [-0.1, -0.05) is 19.1 Å². The topological polar surface area (TPSA) is 69.6 Å². The van der Waals surface area contributed by atoms with Crippen LogP contribution in [0.25, 0.3) is 0 Å². The molecule has 0 saturated heterocycles. The number of likely N-dealkylation sites (N-methyl/N-ethyl adjacent to an activating group) is 1. The lowest BCUT2D eigenvalue weighted by Gasteiger charge is -2.23. The molecule has 14 heavy (non-hydrogen) atoms. The zero-order valence-corrected chi connectivity index (χ0v) is 8.90. The Bertz CT molecular complexity index is 204. The lowest BCUT2D eigenvalue weighted by molar-refractivity contribution is -0.143. The first-order chi connectivity index (χ1) is 6.54. The monoisotopic (exact) mass is 201 g/mol. The van der Waals surface area contributed by atoms with Crippen molar-refractivity contribution < 1.29 is 15.0 Å². The molecule has 82 valence electrons. The molecule has 0 aliphatic heterocycles. The number of carboxylic acids is 1. The Hall–Kier alpha value is -0.870. The minimum Gasteiger partial charge on any atom is -0.480 e. The van der Waals surface area contributed by atoms with Crippen LogP contribution in [0.3, 0.4) is 0 Å². The summed E-state index contributed by atoms with van der Waals surface area (Å²) in [6.07, 6.45) is 3.62. The number of carbonyl (C=O) groups is 1. The quantitative estimate of drug-likeness (QED) is 0.551. The second-order valence-corrected chi connectivity index (χ2v) is 3.38. The molecule has 4 nitrogen and oxygen atoms in total. The molecule has 0 radical (unpaired) electrons. The molecule has 0 aromatic rings. The zero-order valence-electron chi connectivity index (χ0n) is 8.90. The third kappa shape index (κ3) is 3.89. The van der Waals surface area contributed by atoms with Crippen molar-refractivity contribution in [3.8, 4) is 0 Å². The summed E-state index contributed by atoms with van der Waals surface area (Å²) >= 11 is 0. The fraction of sp³-hybridized carbons (Fsp3) is 0.700. The number of hydrogen-bond acceptors (Lipinski definition) is 3. The standard InChI is InChI=1S/C10H19NO3/c1-4-5-6-7(2)9(12)8(11-3)10(13)14/h4-5,7-9,11-12H,6H2,1-3H3,(H,13,14)/b5-4+/t7-,8+,9?/m1/s1. The van der Waals surface area contributed by atoms with Gasteiger partial charge in [0.15, 0.2) is 0 Å². The van der Waals surface area contributed by atoms with Gasteiger partial charge in [-0.3, -0.25) is 4.79 Å². The number of aliphatic hydroxyl groups is 1. The van der Waals surface area contributed by atoms with Crippen molar-refractivity contribution in [3.63, 3.8) is 0 Å². The van der Waals surface area contributed by atoms with Crippen molar-refractivity contribution in [2.75, 3.05) is 7.05 Å². The van der Waals surface area contributed by atoms with Crippen molar-refractivity contribution in [1.29, 1.82) is 0 Å². The maximum atomic E-state index is 10.7. The molecule has 4 heteroatoms. The van der Waals surface area contributed by atoms with Gasteiger partial charge in [-0.05, 0) is 26.3 Å². The van der Waals surface area contributed by atoms with Crippen molar-refractivity contribution in [2.24, 2.45) is 5.92 Å². The fourth-order valence-corrected chi connectivity index (χ4v) is 1.26. The van der Waals surface area contributed by atoms with Gasteiger partial charge in [0.1, 0.15) is 6.04 Å². The Balaban J connectivity index is 4.26. The number of rotatable bonds is 6. The van der Waals surface area contributed by atoms with E-state index in [0.717, 1.165) is 0 Å². The molecule has 0 saturated carbocycles. The lowest BCUT2D eigenvalue weighted by atomic mass is 9.95. The van der Waals surface area contributed by atoms with Gasteiger partial charge in [0.25, 0.3) is 0 Å². The van der Waals surface area contributed by atoms with Crippen molar-refractivity contribution >= 4 is 5.97 Å². The second-order valence-electron chi connectivity index (χ2n) is 3.38. The van der Waals surface area contributed by atoms with E-state index in [0.29, 0.717) is 6.42 Å². The van der Waals surface area contributed by atoms with E-state index >= 15 is 0 Å². The number of aliphatic carboxylic acids is 1. The van der Waals surface area contributed by atoms with E-state index in [9.17, 15) is 9.90 Å². The highest BCUT2D eigenvalue weighted by atomic mass is 16.4. The SMILES string of the molecule is C/C=C/C[C@@H](C)C(O)[C@H](NC)C(=O)O. The smallest absolute Gasteiger partial charge is 0.323 e. The number of hydrogen-bond donors (Lipinski definition) is 3. The van der Waals surface area contributed by atoms with E-state index in [1.807, 2.05) is 26.0 Å². The minimum atomic E-state index is -1.02. The number of carboxylic acid groups (broad SMARTS) is 1. The molecular formula is C10H19NO3. The normalized spacial score (nSPS) is 18.0. The molecule has 0 aliphatic rings. The molecule has 0 rings (SSSR count). The average molecular weight is 201 g/mol. The van der Waals surface area contributed by atoms with Crippen molar-refractivity contribution in [2.45, 2.75) is 32.4 Å². The van der Waals surface area contributed by atoms with Crippen LogP contribution >= 0.6 is 0 Å². The van der Waals surface area contributed by atoms with Crippen LogP contribution in [0.2, 0.25) is 0 Å². The van der Waals surface area contributed by atoms with E-state index in [4.69, 9.17) is 5.11 Å². The van der Waals surface area contributed by atoms with Crippen molar-refractivity contribution in [1.82, 2.24) is 5.32 Å². The zero-order chi connectivity index (χ0) is 11.1. The predicted molar refractivity (Wildman–Crippen MR) is 55.1 cm³/mol. The van der Waals surface area contributed by atoms with Gasteiger partial charge in [-0.25, -0.2) is 0 Å². The Kier molecular flexibility index (Phi) is 6.16. The molecule has 0 aromatic heterocycles. The van der Waals surface area contributed by atoms with Crippen LogP contribution in [0.15, 0.2) is 12.2 Å². The molecule has 3 N–H and O–H groups in total. The van der Waals surface area contributed by atoms with Gasteiger partial charge in [-0.2, -0.15) is 0 Å². The molecular weight excluding hydrogens is 182 g/mol. The first kappa shape index (κ1) is 13.1. The number of nitrogens with one attached hydrogen (secondary N) is 1. The van der Waals surface area contributed by atoms with Crippen molar-refractivity contribution in [3.05, 3.63) is 12.2 Å². The molecule has 3 atom stereocenters. The maximum Gasteiger partial charge on any atom is 0.323 e. The molecule has 1 unspecified atom stereocenters. The number of aliphatic hydroxyl groups excluding tert-OH is 1. The van der Waals surface area contributed by atoms with Crippen LogP contribution in [-0.2, 0) is 4.79 Å². The highest BCUT2D eigenvalue weighted by Gasteiger charge is 2.28. The Morgan fingerprint density at radius 2 is 2.14 bits per heavy atom. The number of allylic oxidation sites excluding steroid dienone is 2. The summed E-state index contributed by atoms with van der Waals surface area (Å²) in [5.74, 6) is -1.09. The minimum absolute atomic E-state index is 0.0697. The Labute approximate surface area is 84.6 Å². The summed E-state index contributed by atoms with van der Waals surface area (Å²) in [4.78, 5) is 10.7. The van der Waals surface area contributed by atoms with E-state index in [2.05, 4.69) is 5.32 Å². The summed E-state index contributed by atoms with van der Waals surface area (Å²) in [5, 5.41) is 21.1.